The lowest BCUT2D eigenvalue weighted by atomic mass is 9.93. The lowest BCUT2D eigenvalue weighted by molar-refractivity contribution is -0.141. The fraction of sp³-hybridized carbons (Fsp3) is 0.406. The molecule has 2 aliphatic rings. The van der Waals surface area contributed by atoms with Crippen LogP contribution < -0.4 is 14.8 Å². The van der Waals surface area contributed by atoms with Gasteiger partial charge in [0.2, 0.25) is 0 Å². The van der Waals surface area contributed by atoms with Crippen LogP contribution in [0.1, 0.15) is 47.4 Å². The molecule has 0 aliphatic carbocycles. The molecule has 0 amide bonds. The maximum Gasteiger partial charge on any atom is 0.306 e. The average Bonchev–Trinajstić information content (AvgIpc) is 3.33. The molecule has 3 aromatic carbocycles. The molecule has 0 aromatic heterocycles. The van der Waals surface area contributed by atoms with E-state index in [4.69, 9.17) is 18.9 Å². The molecule has 1 saturated heterocycles. The largest absolute Gasteiger partial charge is 0.492 e. The minimum atomic E-state index is -0.224. The van der Waals surface area contributed by atoms with E-state index in [0.29, 0.717) is 25.6 Å². The summed E-state index contributed by atoms with van der Waals surface area (Å²) in [6.45, 7) is 8.06. The summed E-state index contributed by atoms with van der Waals surface area (Å²) >= 11 is 0. The van der Waals surface area contributed by atoms with Gasteiger partial charge in [-0.2, -0.15) is 0 Å². The molecule has 200 valence electrons. The predicted octanol–water partition coefficient (Wildman–Crippen LogP) is 6.43. The van der Waals surface area contributed by atoms with Crippen molar-refractivity contribution >= 4 is 11.7 Å². The molecule has 38 heavy (non-hydrogen) atoms. The number of hydrogen-bond donors (Lipinski definition) is 1. The number of aryl methyl sites for hydroxylation is 2. The number of fused-ring (bicyclic) bond motifs is 1. The molecule has 0 saturated carbocycles. The van der Waals surface area contributed by atoms with Gasteiger partial charge in [0, 0.05) is 43.0 Å². The Balaban J connectivity index is 1.23. The van der Waals surface area contributed by atoms with Crippen molar-refractivity contribution in [1.29, 1.82) is 0 Å². The van der Waals surface area contributed by atoms with Crippen LogP contribution in [0.5, 0.6) is 11.5 Å². The van der Waals surface area contributed by atoms with Crippen LogP contribution in [0.2, 0.25) is 0 Å². The van der Waals surface area contributed by atoms with E-state index in [1.165, 1.54) is 35.1 Å². The van der Waals surface area contributed by atoms with E-state index in [9.17, 15) is 4.79 Å². The molecule has 2 heterocycles. The molecule has 6 heteroatoms. The lowest BCUT2D eigenvalue weighted by Gasteiger charge is -2.23. The monoisotopic (exact) mass is 515 g/mol. The zero-order chi connectivity index (χ0) is 26.5. The number of ether oxygens (including phenoxy) is 4. The van der Waals surface area contributed by atoms with Crippen molar-refractivity contribution in [3.8, 4) is 22.6 Å². The fourth-order valence-electron chi connectivity index (χ4n) is 5.52. The summed E-state index contributed by atoms with van der Waals surface area (Å²) in [5, 5.41) is 3.65. The predicted molar refractivity (Wildman–Crippen MR) is 149 cm³/mol. The van der Waals surface area contributed by atoms with Gasteiger partial charge in [0.1, 0.15) is 18.1 Å². The van der Waals surface area contributed by atoms with Crippen LogP contribution in [0.25, 0.3) is 11.1 Å². The van der Waals surface area contributed by atoms with Gasteiger partial charge in [-0.3, -0.25) is 4.79 Å². The maximum atomic E-state index is 11.7. The van der Waals surface area contributed by atoms with Gasteiger partial charge in [-0.25, -0.2) is 0 Å². The van der Waals surface area contributed by atoms with Gasteiger partial charge in [-0.1, -0.05) is 24.3 Å². The number of benzene rings is 3. The third-order valence-corrected chi connectivity index (χ3v) is 7.60. The summed E-state index contributed by atoms with van der Waals surface area (Å²) in [5.41, 5.74) is 8.30. The number of rotatable bonds is 9. The van der Waals surface area contributed by atoms with Crippen LogP contribution >= 0.6 is 0 Å². The van der Waals surface area contributed by atoms with Crippen LogP contribution in [-0.4, -0.2) is 39.4 Å². The highest BCUT2D eigenvalue weighted by Gasteiger charge is 2.27. The molecule has 0 bridgehead atoms. The highest BCUT2D eigenvalue weighted by Crippen LogP contribution is 2.38. The van der Waals surface area contributed by atoms with E-state index in [-0.39, 0.29) is 11.9 Å². The third-order valence-electron chi connectivity index (χ3n) is 7.60. The van der Waals surface area contributed by atoms with Gasteiger partial charge < -0.3 is 24.3 Å². The Kier molecular flexibility index (Phi) is 8.18. The molecule has 1 N–H and O–H groups in total. The highest BCUT2D eigenvalue weighted by molar-refractivity contribution is 5.74. The normalized spacial score (nSPS) is 17.0. The Morgan fingerprint density at radius 1 is 1.03 bits per heavy atom. The zero-order valence-electron chi connectivity index (χ0n) is 22.5. The van der Waals surface area contributed by atoms with Crippen molar-refractivity contribution in [3.63, 3.8) is 0 Å². The van der Waals surface area contributed by atoms with Crippen LogP contribution in [0.3, 0.4) is 0 Å². The van der Waals surface area contributed by atoms with E-state index in [0.717, 1.165) is 55.2 Å². The number of nitrogens with one attached hydrogen (secondary N) is 1. The quantitative estimate of drug-likeness (QED) is 0.332. The second-order valence-corrected chi connectivity index (χ2v) is 10.4. The average molecular weight is 516 g/mol. The number of hydrogen-bond acceptors (Lipinski definition) is 6. The Morgan fingerprint density at radius 2 is 1.82 bits per heavy atom. The summed E-state index contributed by atoms with van der Waals surface area (Å²) < 4.78 is 22.2. The van der Waals surface area contributed by atoms with E-state index in [1.54, 1.807) is 0 Å². The summed E-state index contributed by atoms with van der Waals surface area (Å²) in [7, 11) is 1.41. The molecule has 1 fully saturated rings. The first-order chi connectivity index (χ1) is 18.5. The van der Waals surface area contributed by atoms with Gasteiger partial charge in [0.15, 0.2) is 0 Å². The smallest absolute Gasteiger partial charge is 0.306 e. The molecule has 5 rings (SSSR count). The van der Waals surface area contributed by atoms with E-state index in [2.05, 4.69) is 55.6 Å². The molecular weight excluding hydrogens is 478 g/mol. The number of carbonyl (C=O) groups excluding carboxylic acids is 1. The van der Waals surface area contributed by atoms with E-state index >= 15 is 0 Å². The first-order valence-electron chi connectivity index (χ1n) is 13.5. The topological polar surface area (TPSA) is 66.0 Å². The highest BCUT2D eigenvalue weighted by atomic mass is 16.5. The second-order valence-electron chi connectivity index (χ2n) is 10.4. The summed E-state index contributed by atoms with van der Waals surface area (Å²) in [6.07, 6.45) is 2.58. The van der Waals surface area contributed by atoms with E-state index < -0.39 is 0 Å². The molecule has 1 unspecified atom stereocenters. The number of carbonyl (C=O) groups is 1. The van der Waals surface area contributed by atoms with Gasteiger partial charge in [-0.05, 0) is 84.7 Å². The Hall–Kier alpha value is -3.51. The molecular formula is C32H37NO5. The molecule has 0 spiro atoms. The van der Waals surface area contributed by atoms with Gasteiger partial charge in [0.05, 0.1) is 20.1 Å². The van der Waals surface area contributed by atoms with Crippen molar-refractivity contribution in [2.24, 2.45) is 5.92 Å². The minimum absolute atomic E-state index is 0.0260. The number of anilines is 1. The minimum Gasteiger partial charge on any atom is -0.492 e. The summed E-state index contributed by atoms with van der Waals surface area (Å²) in [5.74, 6) is 2.01. The number of esters is 1. The molecule has 3 aromatic rings. The Morgan fingerprint density at radius 3 is 2.58 bits per heavy atom. The van der Waals surface area contributed by atoms with Crippen molar-refractivity contribution in [2.75, 3.05) is 38.8 Å². The van der Waals surface area contributed by atoms with Crippen LogP contribution in [0.15, 0.2) is 54.6 Å². The number of methoxy groups -OCH3 is 1. The summed E-state index contributed by atoms with van der Waals surface area (Å²) in [6, 6.07) is 18.9. The molecule has 0 radical (unpaired) electrons. The van der Waals surface area contributed by atoms with Crippen molar-refractivity contribution < 1.29 is 23.7 Å². The maximum absolute atomic E-state index is 11.7. The van der Waals surface area contributed by atoms with Crippen molar-refractivity contribution in [1.82, 2.24) is 0 Å². The fourth-order valence-corrected chi connectivity index (χ4v) is 5.52. The first kappa shape index (κ1) is 26.1. The molecule has 2 aliphatic heterocycles. The van der Waals surface area contributed by atoms with E-state index in [1.807, 2.05) is 18.2 Å². The van der Waals surface area contributed by atoms with Gasteiger partial charge in [-0.15, -0.1) is 0 Å². The van der Waals surface area contributed by atoms with Crippen LogP contribution in [-0.2, 0) is 20.9 Å². The third kappa shape index (κ3) is 6.13. The second kappa shape index (κ2) is 11.9. The van der Waals surface area contributed by atoms with Gasteiger partial charge >= 0.3 is 5.97 Å². The standard InChI is InChI=1S/C32H37NO5/c1-21-13-27(33-18-23-9-11-36-12-10-23)14-22(2)32(21)25-6-4-5-24(15-25)19-37-28-7-8-29-26(16-31(34)35-3)20-38-30(29)17-28/h4-8,13-15,17,23,26,33H,9-12,16,18-20H2,1-3H3. The molecule has 1 atom stereocenters. The van der Waals surface area contributed by atoms with Crippen LogP contribution in [0, 0.1) is 19.8 Å². The van der Waals surface area contributed by atoms with Crippen LogP contribution in [0.4, 0.5) is 5.69 Å². The molecule has 6 nitrogen and oxygen atoms in total. The first-order valence-corrected chi connectivity index (χ1v) is 13.5. The van der Waals surface area contributed by atoms with Gasteiger partial charge in [0.25, 0.3) is 0 Å². The van der Waals surface area contributed by atoms with Crippen molar-refractivity contribution in [2.45, 2.75) is 45.6 Å². The Labute approximate surface area is 225 Å². The lowest BCUT2D eigenvalue weighted by Crippen LogP contribution is -2.22. The summed E-state index contributed by atoms with van der Waals surface area (Å²) in [4.78, 5) is 11.7. The Bertz CT molecular complexity index is 1260. The SMILES string of the molecule is COC(=O)CC1COc2cc(OCc3cccc(-c4c(C)cc(NCC5CCOCC5)cc4C)c3)ccc21. The zero-order valence-corrected chi connectivity index (χ0v) is 22.5. The van der Waals surface area contributed by atoms with Crippen molar-refractivity contribution in [3.05, 3.63) is 76.9 Å².